The van der Waals surface area contributed by atoms with E-state index in [0.717, 1.165) is 66.5 Å². The normalized spacial score (nSPS) is 13.2. The quantitative estimate of drug-likeness (QED) is 0.174. The molecule has 0 spiro atoms. The molecule has 0 atom stereocenters. The summed E-state index contributed by atoms with van der Waals surface area (Å²) in [5, 5.41) is 6.87. The topological polar surface area (TPSA) is 29.5 Å². The van der Waals surface area contributed by atoms with Gasteiger partial charge in [-0.2, -0.15) is 0 Å². The third-order valence-corrected chi connectivity index (χ3v) is 14.2. The Hall–Kier alpha value is -7.40. The molecule has 3 aromatic heterocycles. The van der Waals surface area contributed by atoms with E-state index in [1.54, 1.807) is 0 Å². The number of furan rings is 2. The molecule has 0 radical (unpaired) electrons. The summed E-state index contributed by atoms with van der Waals surface area (Å²) >= 11 is 1.86. The van der Waals surface area contributed by atoms with Crippen molar-refractivity contribution in [2.75, 3.05) is 4.90 Å². The van der Waals surface area contributed by atoms with Crippen LogP contribution in [0.25, 0.3) is 97.4 Å². The summed E-state index contributed by atoms with van der Waals surface area (Å²) in [4.78, 5) is 2.37. The number of hydrogen-bond donors (Lipinski definition) is 0. The van der Waals surface area contributed by atoms with E-state index in [-0.39, 0.29) is 5.41 Å². The molecule has 61 heavy (non-hydrogen) atoms. The second kappa shape index (κ2) is 12.8. The molecule has 9 aromatic carbocycles. The SMILES string of the molecule is CC1(C)c2ccccc2-c2ccc(N(c3ccc(-c4ccc5c(c4)sc4ccccc45)cc3)c3ccc4c(c3)oc3cc5c(cc34)oc3ccc(-c4ccccc4)cc35)cc21. The van der Waals surface area contributed by atoms with Gasteiger partial charge >= 0.3 is 0 Å². The molecule has 0 aliphatic heterocycles. The summed E-state index contributed by atoms with van der Waals surface area (Å²) in [6, 6.07) is 68.2. The molecular weight excluding hydrogens is 763 g/mol. The van der Waals surface area contributed by atoms with Crippen molar-refractivity contribution < 1.29 is 8.83 Å². The van der Waals surface area contributed by atoms with Crippen LogP contribution >= 0.6 is 11.3 Å². The number of anilines is 3. The van der Waals surface area contributed by atoms with Crippen LogP contribution in [0.2, 0.25) is 0 Å². The molecule has 1 aliphatic carbocycles. The van der Waals surface area contributed by atoms with Crippen molar-refractivity contribution in [2.24, 2.45) is 0 Å². The highest BCUT2D eigenvalue weighted by Crippen LogP contribution is 2.51. The number of hydrogen-bond acceptors (Lipinski definition) is 4. The molecule has 1 aliphatic rings. The molecule has 13 rings (SSSR count). The van der Waals surface area contributed by atoms with Gasteiger partial charge in [0.05, 0.1) is 0 Å². The van der Waals surface area contributed by atoms with Gasteiger partial charge < -0.3 is 13.7 Å². The number of nitrogens with zero attached hydrogens (tertiary/aromatic N) is 1. The van der Waals surface area contributed by atoms with Gasteiger partial charge in [-0.15, -0.1) is 11.3 Å². The smallest absolute Gasteiger partial charge is 0.137 e. The van der Waals surface area contributed by atoms with E-state index < -0.39 is 0 Å². The van der Waals surface area contributed by atoms with Crippen LogP contribution in [0.1, 0.15) is 25.0 Å². The minimum absolute atomic E-state index is 0.131. The zero-order valence-corrected chi connectivity index (χ0v) is 34.4. The zero-order chi connectivity index (χ0) is 40.4. The van der Waals surface area contributed by atoms with Gasteiger partial charge in [0.1, 0.15) is 22.3 Å². The standard InChI is InChI=1S/C57H37NO2S/c1-57(2)49-14-8-6-12-41(49)42-25-22-39(30-50(42)57)58(38-20-16-35(17-21-38)37-18-24-45-44-13-7-9-15-55(44)61-56(45)29-37)40-23-26-43-47-32-54-48(33-53(47)60-52(43)31-40)46-28-36(19-27-51(46)59-54)34-10-4-3-5-11-34/h3-33H,1-2H3. The van der Waals surface area contributed by atoms with Crippen LogP contribution in [0.15, 0.2) is 197 Å². The number of rotatable bonds is 5. The largest absolute Gasteiger partial charge is 0.456 e. The van der Waals surface area contributed by atoms with Crippen molar-refractivity contribution in [3.05, 3.63) is 199 Å². The Kier molecular flexibility index (Phi) is 7.23. The lowest BCUT2D eigenvalue weighted by Gasteiger charge is -2.28. The van der Waals surface area contributed by atoms with E-state index in [9.17, 15) is 0 Å². The molecular formula is C57H37NO2S. The zero-order valence-electron chi connectivity index (χ0n) is 33.6. The molecule has 3 heterocycles. The van der Waals surface area contributed by atoms with Crippen molar-refractivity contribution in [3.63, 3.8) is 0 Å². The second-order valence-corrected chi connectivity index (χ2v) is 18.0. The van der Waals surface area contributed by atoms with Crippen LogP contribution in [0.4, 0.5) is 17.1 Å². The van der Waals surface area contributed by atoms with E-state index >= 15 is 0 Å². The molecule has 288 valence electrons. The van der Waals surface area contributed by atoms with Gasteiger partial charge in [-0.05, 0) is 117 Å². The van der Waals surface area contributed by atoms with Crippen LogP contribution in [-0.4, -0.2) is 0 Å². The van der Waals surface area contributed by atoms with Gasteiger partial charge in [-0.25, -0.2) is 0 Å². The van der Waals surface area contributed by atoms with Crippen LogP contribution < -0.4 is 4.90 Å². The van der Waals surface area contributed by atoms with Gasteiger partial charge in [0.25, 0.3) is 0 Å². The first kappa shape index (κ1) is 34.5. The maximum absolute atomic E-state index is 6.77. The molecule has 4 heteroatoms. The molecule has 0 unspecified atom stereocenters. The Bertz CT molecular complexity index is 3740. The molecule has 0 fully saturated rings. The first-order valence-corrected chi connectivity index (χ1v) is 21.7. The first-order valence-electron chi connectivity index (χ1n) is 20.9. The second-order valence-electron chi connectivity index (χ2n) is 16.9. The summed E-state index contributed by atoms with van der Waals surface area (Å²) in [5.41, 5.74) is 16.6. The molecule has 0 saturated carbocycles. The maximum atomic E-state index is 6.77. The number of thiophene rings is 1. The highest BCUT2D eigenvalue weighted by atomic mass is 32.1. The van der Waals surface area contributed by atoms with Crippen LogP contribution in [0, 0.1) is 0 Å². The lowest BCUT2D eigenvalue weighted by Crippen LogP contribution is -2.16. The van der Waals surface area contributed by atoms with Crippen LogP contribution in [0.5, 0.6) is 0 Å². The van der Waals surface area contributed by atoms with E-state index in [2.05, 4.69) is 201 Å². The van der Waals surface area contributed by atoms with Gasteiger partial charge in [0.2, 0.25) is 0 Å². The highest BCUT2D eigenvalue weighted by molar-refractivity contribution is 7.25. The number of fused-ring (bicyclic) bond motifs is 12. The minimum Gasteiger partial charge on any atom is -0.456 e. The van der Waals surface area contributed by atoms with Crippen molar-refractivity contribution in [2.45, 2.75) is 19.3 Å². The van der Waals surface area contributed by atoms with Gasteiger partial charge in [-0.1, -0.05) is 123 Å². The van der Waals surface area contributed by atoms with E-state index in [1.807, 2.05) is 17.4 Å². The summed E-state index contributed by atoms with van der Waals surface area (Å²) in [7, 11) is 0. The van der Waals surface area contributed by atoms with Gasteiger partial charge in [-0.3, -0.25) is 0 Å². The van der Waals surface area contributed by atoms with Gasteiger partial charge in [0, 0.05) is 70.3 Å². The molecule has 0 bridgehead atoms. The predicted octanol–water partition coefficient (Wildman–Crippen LogP) is 17.0. The Morgan fingerprint density at radius 2 is 0.934 bits per heavy atom. The fraction of sp³-hybridized carbons (Fsp3) is 0.0526. The van der Waals surface area contributed by atoms with Crippen LogP contribution in [-0.2, 0) is 5.41 Å². The Morgan fingerprint density at radius 3 is 1.80 bits per heavy atom. The first-order chi connectivity index (χ1) is 29.9. The fourth-order valence-corrected chi connectivity index (χ4v) is 11.1. The van der Waals surface area contributed by atoms with Crippen molar-refractivity contribution in [3.8, 4) is 33.4 Å². The van der Waals surface area contributed by atoms with E-state index in [1.165, 1.54) is 59.1 Å². The van der Waals surface area contributed by atoms with E-state index in [4.69, 9.17) is 8.83 Å². The summed E-state index contributed by atoms with van der Waals surface area (Å²) in [5.74, 6) is 0. The predicted molar refractivity (Wildman–Crippen MR) is 257 cm³/mol. The lowest BCUT2D eigenvalue weighted by atomic mass is 9.82. The molecule has 0 saturated heterocycles. The minimum atomic E-state index is -0.131. The Morgan fingerprint density at radius 1 is 0.361 bits per heavy atom. The maximum Gasteiger partial charge on any atom is 0.137 e. The molecule has 3 nitrogen and oxygen atoms in total. The average Bonchev–Trinajstić information content (AvgIpc) is 4.03. The third-order valence-electron chi connectivity index (χ3n) is 13.1. The van der Waals surface area contributed by atoms with Crippen molar-refractivity contribution >= 4 is 92.4 Å². The summed E-state index contributed by atoms with van der Waals surface area (Å²) < 4.78 is 15.9. The monoisotopic (exact) mass is 799 g/mol. The molecule has 0 N–H and O–H groups in total. The van der Waals surface area contributed by atoms with Gasteiger partial charge in [0.15, 0.2) is 0 Å². The third kappa shape index (κ3) is 5.22. The van der Waals surface area contributed by atoms with Crippen LogP contribution in [0.3, 0.4) is 0 Å². The Balaban J connectivity index is 0.938. The highest BCUT2D eigenvalue weighted by Gasteiger charge is 2.35. The lowest BCUT2D eigenvalue weighted by molar-refractivity contribution is 0.660. The van der Waals surface area contributed by atoms with Crippen molar-refractivity contribution in [1.29, 1.82) is 0 Å². The van der Waals surface area contributed by atoms with Crippen molar-refractivity contribution in [1.82, 2.24) is 0 Å². The van der Waals surface area contributed by atoms with E-state index in [0.29, 0.717) is 0 Å². The summed E-state index contributed by atoms with van der Waals surface area (Å²) in [6.45, 7) is 4.69. The molecule has 12 aromatic rings. The summed E-state index contributed by atoms with van der Waals surface area (Å²) in [6.07, 6.45) is 0. The fourth-order valence-electron chi connectivity index (χ4n) is 9.97. The number of benzene rings is 9. The molecule has 0 amide bonds. The average molecular weight is 800 g/mol. The Labute approximate surface area is 356 Å².